The summed E-state index contributed by atoms with van der Waals surface area (Å²) >= 11 is 3.44. The topological polar surface area (TPSA) is 46.5 Å². The predicted molar refractivity (Wildman–Crippen MR) is 115 cm³/mol. The molecule has 4 aliphatic carbocycles. The number of Topliss-reactive ketones (excluding diaryl/α,β-unsaturated/α-hetero) is 1. The summed E-state index contributed by atoms with van der Waals surface area (Å²) in [5.41, 5.74) is -0.0526. The molecule has 3 nitrogen and oxygen atoms in total. The third-order valence-corrected chi connectivity index (χ3v) is 10.3. The Morgan fingerprint density at radius 2 is 1.86 bits per heavy atom. The zero-order valence-corrected chi connectivity index (χ0v) is 19.6. The van der Waals surface area contributed by atoms with Gasteiger partial charge < -0.3 is 9.84 Å². The first kappa shape index (κ1) is 21.3. The quantitative estimate of drug-likeness (QED) is 0.567. The lowest BCUT2D eigenvalue weighted by molar-refractivity contribution is -0.178. The molecule has 0 aromatic rings. The van der Waals surface area contributed by atoms with Gasteiger partial charge in [-0.25, -0.2) is 0 Å². The Bertz CT molecular complexity index is 605. The van der Waals surface area contributed by atoms with E-state index in [1.807, 2.05) is 6.92 Å². The second-order valence-corrected chi connectivity index (χ2v) is 11.6. The molecule has 0 radical (unpaired) electrons. The van der Waals surface area contributed by atoms with Crippen molar-refractivity contribution >= 4 is 21.7 Å². The predicted octanol–water partition coefficient (Wildman–Crippen LogP) is 5.38. The van der Waals surface area contributed by atoms with E-state index in [4.69, 9.17) is 4.74 Å². The van der Waals surface area contributed by atoms with Gasteiger partial charge in [0.05, 0.1) is 17.5 Å². The highest BCUT2D eigenvalue weighted by molar-refractivity contribution is 9.09. The molecule has 0 bridgehead atoms. The molecule has 0 spiro atoms. The summed E-state index contributed by atoms with van der Waals surface area (Å²) in [6.45, 7) is 8.23. The molecule has 4 heteroatoms. The fourth-order valence-corrected chi connectivity index (χ4v) is 8.82. The SMILES string of the molecule is CCOCC12CC[C@@](C)(O)C[C@@H]1CC[C@H]1[C@@H]3CC[C@H](C(=O)CBr)C3(C)CC[C@@H]12. The van der Waals surface area contributed by atoms with E-state index in [2.05, 4.69) is 29.8 Å². The van der Waals surface area contributed by atoms with Crippen LogP contribution in [0.25, 0.3) is 0 Å². The minimum atomic E-state index is -0.503. The maximum atomic E-state index is 12.6. The molecule has 4 fully saturated rings. The standard InChI is InChI=1S/C24H39BrO3/c1-4-28-15-24-12-11-22(2,27)13-16(24)5-6-17-18-7-8-20(21(26)14-25)23(18,3)10-9-19(17)24/h16-20,27H,4-15H2,1-3H3/t16-,17-,18-,19-,20+,22+,23?,24?/m0/s1. The molecule has 28 heavy (non-hydrogen) atoms. The zero-order chi connectivity index (χ0) is 20.2. The van der Waals surface area contributed by atoms with Crippen LogP contribution in [0.15, 0.2) is 0 Å². The van der Waals surface area contributed by atoms with Gasteiger partial charge in [0.15, 0.2) is 0 Å². The van der Waals surface area contributed by atoms with Crippen LogP contribution in [-0.4, -0.2) is 35.0 Å². The molecule has 0 aliphatic heterocycles. The summed E-state index contributed by atoms with van der Waals surface area (Å²) in [6, 6.07) is 0. The summed E-state index contributed by atoms with van der Waals surface area (Å²) in [5.74, 6) is 3.42. The first-order chi connectivity index (χ1) is 13.3. The van der Waals surface area contributed by atoms with Crippen LogP contribution < -0.4 is 0 Å². The normalized spacial score (nSPS) is 50.5. The van der Waals surface area contributed by atoms with Gasteiger partial charge >= 0.3 is 0 Å². The Morgan fingerprint density at radius 1 is 1.07 bits per heavy atom. The van der Waals surface area contributed by atoms with E-state index < -0.39 is 5.60 Å². The van der Waals surface area contributed by atoms with Crippen molar-refractivity contribution in [1.29, 1.82) is 0 Å². The lowest BCUT2D eigenvalue weighted by atomic mass is 9.43. The maximum Gasteiger partial charge on any atom is 0.147 e. The van der Waals surface area contributed by atoms with Crippen molar-refractivity contribution < 1.29 is 14.6 Å². The van der Waals surface area contributed by atoms with E-state index in [1.165, 1.54) is 32.1 Å². The molecule has 0 aromatic carbocycles. The molecule has 4 aliphatic rings. The molecule has 0 amide bonds. The molecular formula is C24H39BrO3. The average molecular weight is 455 g/mol. The Labute approximate surface area is 179 Å². The molecule has 2 unspecified atom stereocenters. The highest BCUT2D eigenvalue weighted by Gasteiger charge is 2.63. The van der Waals surface area contributed by atoms with E-state index in [0.717, 1.165) is 44.8 Å². The van der Waals surface area contributed by atoms with Gasteiger partial charge in [0.2, 0.25) is 0 Å². The average Bonchev–Trinajstić information content (AvgIpc) is 3.02. The van der Waals surface area contributed by atoms with Crippen molar-refractivity contribution in [3.8, 4) is 0 Å². The lowest BCUT2D eigenvalue weighted by Gasteiger charge is -2.62. The molecule has 8 atom stereocenters. The lowest BCUT2D eigenvalue weighted by Crippen LogP contribution is -2.58. The van der Waals surface area contributed by atoms with Gasteiger partial charge in [-0.1, -0.05) is 22.9 Å². The Hall–Kier alpha value is 0.0700. The van der Waals surface area contributed by atoms with E-state index >= 15 is 0 Å². The first-order valence-electron chi connectivity index (χ1n) is 11.7. The Balaban J connectivity index is 1.63. The van der Waals surface area contributed by atoms with Crippen LogP contribution >= 0.6 is 15.9 Å². The second-order valence-electron chi connectivity index (χ2n) is 11.0. The summed E-state index contributed by atoms with van der Waals surface area (Å²) in [6.07, 6.45) is 10.2. The van der Waals surface area contributed by atoms with Crippen LogP contribution in [0.5, 0.6) is 0 Å². The van der Waals surface area contributed by atoms with Gasteiger partial charge in [0, 0.05) is 12.5 Å². The Kier molecular flexibility index (Phi) is 5.81. The zero-order valence-electron chi connectivity index (χ0n) is 18.0. The van der Waals surface area contributed by atoms with E-state index in [1.54, 1.807) is 0 Å². The fraction of sp³-hybridized carbons (Fsp3) is 0.958. The van der Waals surface area contributed by atoms with Crippen molar-refractivity contribution in [3.63, 3.8) is 0 Å². The highest BCUT2D eigenvalue weighted by Crippen LogP contribution is 2.68. The fourth-order valence-electron chi connectivity index (χ4n) is 8.43. The number of aliphatic hydroxyl groups is 1. The Morgan fingerprint density at radius 3 is 2.57 bits per heavy atom. The number of ketones is 1. The number of hydrogen-bond donors (Lipinski definition) is 1. The second kappa shape index (κ2) is 7.64. The van der Waals surface area contributed by atoms with Gasteiger partial charge in [0.25, 0.3) is 0 Å². The van der Waals surface area contributed by atoms with E-state index in [-0.39, 0.29) is 16.7 Å². The van der Waals surface area contributed by atoms with Gasteiger partial charge in [-0.3, -0.25) is 4.79 Å². The molecule has 160 valence electrons. The summed E-state index contributed by atoms with van der Waals surface area (Å²) in [5, 5.41) is 11.3. The number of carbonyl (C=O) groups excluding carboxylic acids is 1. The third kappa shape index (κ3) is 3.24. The molecule has 0 heterocycles. The minimum absolute atomic E-state index is 0.200. The monoisotopic (exact) mass is 454 g/mol. The molecule has 0 saturated heterocycles. The van der Waals surface area contributed by atoms with Crippen molar-refractivity contribution in [3.05, 3.63) is 0 Å². The number of ether oxygens (including phenoxy) is 1. The first-order valence-corrected chi connectivity index (χ1v) is 12.8. The summed E-state index contributed by atoms with van der Waals surface area (Å²) in [4.78, 5) is 12.6. The van der Waals surface area contributed by atoms with Crippen LogP contribution in [0.3, 0.4) is 0 Å². The molecular weight excluding hydrogens is 416 g/mol. The van der Waals surface area contributed by atoms with Gasteiger partial charge in [-0.15, -0.1) is 0 Å². The summed E-state index contributed by atoms with van der Waals surface area (Å²) in [7, 11) is 0. The maximum absolute atomic E-state index is 12.6. The van der Waals surface area contributed by atoms with Gasteiger partial charge in [-0.05, 0) is 106 Å². The van der Waals surface area contributed by atoms with Crippen LogP contribution in [0.1, 0.15) is 78.6 Å². The van der Waals surface area contributed by atoms with Crippen molar-refractivity contribution in [2.75, 3.05) is 18.5 Å². The van der Waals surface area contributed by atoms with Crippen molar-refractivity contribution in [2.45, 2.75) is 84.2 Å². The van der Waals surface area contributed by atoms with E-state index in [0.29, 0.717) is 28.9 Å². The number of hydrogen-bond acceptors (Lipinski definition) is 3. The highest BCUT2D eigenvalue weighted by atomic mass is 79.9. The number of alkyl halides is 1. The smallest absolute Gasteiger partial charge is 0.147 e. The number of carbonyl (C=O) groups is 1. The van der Waals surface area contributed by atoms with Gasteiger partial charge in [0.1, 0.15) is 5.78 Å². The van der Waals surface area contributed by atoms with Crippen molar-refractivity contribution in [2.24, 2.45) is 40.4 Å². The number of halogens is 1. The molecule has 4 saturated carbocycles. The van der Waals surface area contributed by atoms with Crippen LogP contribution in [0, 0.1) is 40.4 Å². The minimum Gasteiger partial charge on any atom is -0.390 e. The number of fused-ring (bicyclic) bond motifs is 5. The van der Waals surface area contributed by atoms with Crippen molar-refractivity contribution in [1.82, 2.24) is 0 Å². The van der Waals surface area contributed by atoms with E-state index in [9.17, 15) is 9.90 Å². The summed E-state index contributed by atoms with van der Waals surface area (Å²) < 4.78 is 6.12. The van der Waals surface area contributed by atoms with Crippen LogP contribution in [0.4, 0.5) is 0 Å². The molecule has 0 aromatic heterocycles. The molecule has 1 N–H and O–H groups in total. The van der Waals surface area contributed by atoms with Gasteiger partial charge in [-0.2, -0.15) is 0 Å². The number of rotatable bonds is 5. The largest absolute Gasteiger partial charge is 0.390 e. The van der Waals surface area contributed by atoms with Crippen LogP contribution in [0.2, 0.25) is 0 Å². The third-order valence-electron chi connectivity index (χ3n) is 9.75. The van der Waals surface area contributed by atoms with Crippen LogP contribution in [-0.2, 0) is 9.53 Å². The molecule has 4 rings (SSSR count).